The molecule has 0 fully saturated rings. The van der Waals surface area contributed by atoms with Crippen molar-refractivity contribution < 1.29 is 13.5 Å². The Labute approximate surface area is 149 Å². The molecule has 3 rings (SSSR count). The van der Waals surface area contributed by atoms with Crippen LogP contribution in [-0.2, 0) is 5.75 Å². The Kier molecular flexibility index (Phi) is 5.28. The molecular weight excluding hydrogens is 342 g/mol. The molecule has 3 nitrogen and oxygen atoms in total. The molecule has 1 aromatic heterocycles. The normalized spacial score (nSPS) is 10.7. The lowest BCUT2D eigenvalue weighted by Gasteiger charge is -2.08. The van der Waals surface area contributed by atoms with Gasteiger partial charge in [0.25, 0.3) is 0 Å². The number of rotatable bonds is 5. The van der Waals surface area contributed by atoms with Gasteiger partial charge in [-0.05, 0) is 31.5 Å². The molecule has 128 valence electrons. The van der Waals surface area contributed by atoms with Crippen LogP contribution in [0.25, 0.3) is 0 Å². The molecule has 0 radical (unpaired) electrons. The Morgan fingerprint density at radius 2 is 1.84 bits per heavy atom. The quantitative estimate of drug-likeness (QED) is 0.448. The van der Waals surface area contributed by atoms with Crippen LogP contribution in [0.5, 0.6) is 11.6 Å². The van der Waals surface area contributed by atoms with Crippen LogP contribution in [0, 0.1) is 25.5 Å². The fourth-order valence-electron chi connectivity index (χ4n) is 2.25. The number of hydrogen-bond donors (Lipinski definition) is 0. The van der Waals surface area contributed by atoms with Crippen molar-refractivity contribution in [3.05, 3.63) is 77.0 Å². The fourth-order valence-corrected chi connectivity index (χ4v) is 3.09. The van der Waals surface area contributed by atoms with E-state index in [2.05, 4.69) is 16.0 Å². The Balaban J connectivity index is 1.76. The summed E-state index contributed by atoms with van der Waals surface area (Å²) in [5, 5.41) is 0.541. The van der Waals surface area contributed by atoms with E-state index in [1.807, 2.05) is 32.0 Å². The second-order valence-corrected chi connectivity index (χ2v) is 6.53. The lowest BCUT2D eigenvalue weighted by atomic mass is 10.2. The topological polar surface area (TPSA) is 35.0 Å². The number of hydrogen-bond acceptors (Lipinski definition) is 4. The summed E-state index contributed by atoms with van der Waals surface area (Å²) < 4.78 is 32.2. The predicted molar refractivity (Wildman–Crippen MR) is 93.9 cm³/mol. The first-order valence-electron chi connectivity index (χ1n) is 7.66. The number of halogens is 2. The number of nitrogens with zero attached hydrogens (tertiary/aromatic N) is 2. The Bertz CT molecular complexity index is 902. The smallest absolute Gasteiger partial charge is 0.223 e. The van der Waals surface area contributed by atoms with Gasteiger partial charge in [0.15, 0.2) is 16.7 Å². The van der Waals surface area contributed by atoms with Gasteiger partial charge in [0.1, 0.15) is 5.82 Å². The van der Waals surface area contributed by atoms with Gasteiger partial charge in [-0.3, -0.25) is 0 Å². The first-order chi connectivity index (χ1) is 12.0. The minimum Gasteiger partial charge on any atom is -0.436 e. The first kappa shape index (κ1) is 17.4. The van der Waals surface area contributed by atoms with Crippen LogP contribution >= 0.6 is 11.8 Å². The van der Waals surface area contributed by atoms with E-state index in [4.69, 9.17) is 4.74 Å². The van der Waals surface area contributed by atoms with Crippen molar-refractivity contribution >= 4 is 11.8 Å². The van der Waals surface area contributed by atoms with Crippen molar-refractivity contribution in [2.24, 2.45) is 0 Å². The molecule has 0 N–H and O–H groups in total. The highest BCUT2D eigenvalue weighted by Crippen LogP contribution is 2.27. The standard InChI is InChI=1S/C19H16F2N2OS/c1-12-4-3-5-14(8-12)11-25-19-22-13(2)9-18(23-19)24-17-7-6-15(20)10-16(17)21/h3-10H,11H2,1-2H3. The van der Waals surface area contributed by atoms with Gasteiger partial charge in [-0.2, -0.15) is 4.98 Å². The lowest BCUT2D eigenvalue weighted by molar-refractivity contribution is 0.418. The molecule has 3 aromatic rings. The second-order valence-electron chi connectivity index (χ2n) is 5.58. The third kappa shape index (κ3) is 4.76. The van der Waals surface area contributed by atoms with E-state index in [1.165, 1.54) is 29.0 Å². The molecule has 1 heterocycles. The van der Waals surface area contributed by atoms with Crippen molar-refractivity contribution in [3.63, 3.8) is 0 Å². The van der Waals surface area contributed by atoms with Gasteiger partial charge in [-0.25, -0.2) is 13.8 Å². The van der Waals surface area contributed by atoms with E-state index >= 15 is 0 Å². The maximum absolute atomic E-state index is 13.7. The van der Waals surface area contributed by atoms with Crippen molar-refractivity contribution in [1.29, 1.82) is 0 Å². The summed E-state index contributed by atoms with van der Waals surface area (Å²) in [5.41, 5.74) is 3.07. The summed E-state index contributed by atoms with van der Waals surface area (Å²) in [6.07, 6.45) is 0. The largest absolute Gasteiger partial charge is 0.436 e. The molecule has 0 saturated carbocycles. The summed E-state index contributed by atoms with van der Waals surface area (Å²) >= 11 is 1.47. The zero-order valence-electron chi connectivity index (χ0n) is 13.8. The van der Waals surface area contributed by atoms with E-state index in [9.17, 15) is 8.78 Å². The zero-order chi connectivity index (χ0) is 17.8. The Morgan fingerprint density at radius 3 is 2.60 bits per heavy atom. The van der Waals surface area contributed by atoms with E-state index in [1.54, 1.807) is 6.07 Å². The molecule has 6 heteroatoms. The number of aryl methyl sites for hydroxylation is 2. The van der Waals surface area contributed by atoms with Crippen LogP contribution in [-0.4, -0.2) is 9.97 Å². The average Bonchev–Trinajstić information content (AvgIpc) is 2.55. The van der Waals surface area contributed by atoms with Gasteiger partial charge in [-0.15, -0.1) is 0 Å². The van der Waals surface area contributed by atoms with Crippen molar-refractivity contribution in [2.75, 3.05) is 0 Å². The van der Waals surface area contributed by atoms with E-state index < -0.39 is 11.6 Å². The molecule has 0 aliphatic heterocycles. The molecule has 0 aliphatic carbocycles. The molecule has 0 amide bonds. The molecule has 0 atom stereocenters. The molecule has 25 heavy (non-hydrogen) atoms. The number of thioether (sulfide) groups is 1. The SMILES string of the molecule is Cc1cccc(CSc2nc(C)cc(Oc3ccc(F)cc3F)n2)c1. The van der Waals surface area contributed by atoms with Crippen LogP contribution in [0.2, 0.25) is 0 Å². The molecule has 0 spiro atoms. The molecule has 0 bridgehead atoms. The van der Waals surface area contributed by atoms with Gasteiger partial charge in [0.05, 0.1) is 0 Å². The van der Waals surface area contributed by atoms with Crippen molar-refractivity contribution in [2.45, 2.75) is 24.8 Å². The van der Waals surface area contributed by atoms with Gasteiger partial charge < -0.3 is 4.74 Å². The van der Waals surface area contributed by atoms with Crippen molar-refractivity contribution in [1.82, 2.24) is 9.97 Å². The number of aromatic nitrogens is 2. The number of benzene rings is 2. The molecule has 2 aromatic carbocycles. The van der Waals surface area contributed by atoms with Crippen LogP contribution < -0.4 is 4.74 Å². The van der Waals surface area contributed by atoms with E-state index in [0.29, 0.717) is 10.9 Å². The third-order valence-corrected chi connectivity index (χ3v) is 4.29. The lowest BCUT2D eigenvalue weighted by Crippen LogP contribution is -1.97. The van der Waals surface area contributed by atoms with Gasteiger partial charge in [0.2, 0.25) is 5.88 Å². The van der Waals surface area contributed by atoms with Crippen LogP contribution in [0.4, 0.5) is 8.78 Å². The summed E-state index contributed by atoms with van der Waals surface area (Å²) in [7, 11) is 0. The highest BCUT2D eigenvalue weighted by atomic mass is 32.2. The van der Waals surface area contributed by atoms with Crippen LogP contribution in [0.15, 0.2) is 53.7 Å². The highest BCUT2D eigenvalue weighted by molar-refractivity contribution is 7.98. The van der Waals surface area contributed by atoms with Gasteiger partial charge in [0, 0.05) is 23.6 Å². The van der Waals surface area contributed by atoms with E-state index in [-0.39, 0.29) is 11.6 Å². The summed E-state index contributed by atoms with van der Waals surface area (Å²) in [6.45, 7) is 3.85. The minimum atomic E-state index is -0.773. The minimum absolute atomic E-state index is 0.0749. The Hall–Kier alpha value is -2.47. The summed E-state index contributed by atoms with van der Waals surface area (Å²) in [4.78, 5) is 8.67. The van der Waals surface area contributed by atoms with Crippen LogP contribution in [0.3, 0.4) is 0 Å². The highest BCUT2D eigenvalue weighted by Gasteiger charge is 2.10. The predicted octanol–water partition coefficient (Wildman–Crippen LogP) is 5.46. The molecule has 0 saturated heterocycles. The second kappa shape index (κ2) is 7.61. The average molecular weight is 358 g/mol. The number of ether oxygens (including phenoxy) is 1. The first-order valence-corrected chi connectivity index (χ1v) is 8.65. The van der Waals surface area contributed by atoms with Crippen LogP contribution in [0.1, 0.15) is 16.8 Å². The fraction of sp³-hybridized carbons (Fsp3) is 0.158. The summed E-state index contributed by atoms with van der Waals surface area (Å²) in [6, 6.07) is 13.0. The van der Waals surface area contributed by atoms with Gasteiger partial charge in [-0.1, -0.05) is 41.6 Å². The monoisotopic (exact) mass is 358 g/mol. The molecule has 0 unspecified atom stereocenters. The summed E-state index contributed by atoms with van der Waals surface area (Å²) in [5.74, 6) is -0.558. The third-order valence-electron chi connectivity index (χ3n) is 3.37. The molecular formula is C19H16F2N2OS. The molecule has 0 aliphatic rings. The maximum atomic E-state index is 13.7. The van der Waals surface area contributed by atoms with Gasteiger partial charge >= 0.3 is 0 Å². The Morgan fingerprint density at radius 1 is 1.00 bits per heavy atom. The van der Waals surface area contributed by atoms with Crippen molar-refractivity contribution in [3.8, 4) is 11.6 Å². The van der Waals surface area contributed by atoms with E-state index in [0.717, 1.165) is 17.9 Å². The maximum Gasteiger partial charge on any atom is 0.223 e. The zero-order valence-corrected chi connectivity index (χ0v) is 14.6.